The standard InChI is InChI=1S/C15H20BrNO.C2HF3O2/c1-10-14(16)6-3-7-15(10)18-13-8-11-4-2-5-12(9-13)17-11;3-2(4,5)1(6)7/h3,6-7,11-13,17H,2,4-5,8-9H2,1H3;(H,6,7)/t11-,12+,13?;. The van der Waals surface area contributed by atoms with Crippen molar-refractivity contribution in [1.29, 1.82) is 0 Å². The Morgan fingerprint density at radius 3 is 2.36 bits per heavy atom. The van der Waals surface area contributed by atoms with Crippen LogP contribution < -0.4 is 10.1 Å². The largest absolute Gasteiger partial charge is 0.490 e. The predicted molar refractivity (Wildman–Crippen MR) is 90.8 cm³/mol. The van der Waals surface area contributed by atoms with Crippen molar-refractivity contribution in [2.75, 3.05) is 0 Å². The first-order valence-corrected chi connectivity index (χ1v) is 8.94. The van der Waals surface area contributed by atoms with Gasteiger partial charge in [0.25, 0.3) is 0 Å². The third-order valence-electron chi connectivity index (χ3n) is 4.43. The van der Waals surface area contributed by atoms with Gasteiger partial charge in [0, 0.05) is 22.1 Å². The van der Waals surface area contributed by atoms with E-state index in [9.17, 15) is 13.2 Å². The fourth-order valence-corrected chi connectivity index (χ4v) is 3.55. The van der Waals surface area contributed by atoms with Crippen molar-refractivity contribution in [2.24, 2.45) is 0 Å². The number of nitrogens with one attached hydrogen (secondary N) is 1. The van der Waals surface area contributed by atoms with E-state index in [0.717, 1.165) is 23.1 Å². The molecule has 1 unspecified atom stereocenters. The molecule has 2 bridgehead atoms. The average molecular weight is 424 g/mol. The highest BCUT2D eigenvalue weighted by molar-refractivity contribution is 9.10. The van der Waals surface area contributed by atoms with Crippen molar-refractivity contribution in [2.45, 2.75) is 63.4 Å². The van der Waals surface area contributed by atoms with E-state index >= 15 is 0 Å². The van der Waals surface area contributed by atoms with Crippen LogP contribution in [0.15, 0.2) is 22.7 Å². The Hall–Kier alpha value is -1.28. The van der Waals surface area contributed by atoms with E-state index in [0.29, 0.717) is 18.2 Å². The summed E-state index contributed by atoms with van der Waals surface area (Å²) in [4.78, 5) is 8.90. The van der Waals surface area contributed by atoms with E-state index < -0.39 is 12.1 Å². The van der Waals surface area contributed by atoms with Crippen LogP contribution >= 0.6 is 15.9 Å². The Labute approximate surface area is 152 Å². The molecule has 1 aromatic rings. The van der Waals surface area contributed by atoms with Gasteiger partial charge in [0.1, 0.15) is 11.9 Å². The molecule has 2 fully saturated rings. The van der Waals surface area contributed by atoms with Crippen LogP contribution in [0.25, 0.3) is 0 Å². The Morgan fingerprint density at radius 1 is 1.28 bits per heavy atom. The van der Waals surface area contributed by atoms with Gasteiger partial charge in [-0.25, -0.2) is 4.79 Å². The van der Waals surface area contributed by atoms with Crippen LogP contribution in [0.2, 0.25) is 0 Å². The minimum atomic E-state index is -5.08. The molecule has 25 heavy (non-hydrogen) atoms. The van der Waals surface area contributed by atoms with Crippen molar-refractivity contribution < 1.29 is 27.8 Å². The lowest BCUT2D eigenvalue weighted by Crippen LogP contribution is -2.51. The van der Waals surface area contributed by atoms with Crippen LogP contribution in [0.5, 0.6) is 5.75 Å². The summed E-state index contributed by atoms with van der Waals surface area (Å²) in [6.07, 6.45) is 1.62. The van der Waals surface area contributed by atoms with Crippen molar-refractivity contribution in [1.82, 2.24) is 5.32 Å². The summed E-state index contributed by atoms with van der Waals surface area (Å²) < 4.78 is 39.1. The number of carbonyl (C=O) groups is 1. The first-order valence-electron chi connectivity index (χ1n) is 8.14. The fourth-order valence-electron chi connectivity index (χ4n) is 3.20. The molecule has 2 heterocycles. The number of carboxylic acids is 1. The lowest BCUT2D eigenvalue weighted by Gasteiger charge is -2.40. The van der Waals surface area contributed by atoms with Gasteiger partial charge >= 0.3 is 12.1 Å². The summed E-state index contributed by atoms with van der Waals surface area (Å²) >= 11 is 3.57. The lowest BCUT2D eigenvalue weighted by atomic mass is 9.85. The average Bonchev–Trinajstić information content (AvgIpc) is 2.51. The van der Waals surface area contributed by atoms with Gasteiger partial charge in [-0.3, -0.25) is 0 Å². The second-order valence-corrected chi connectivity index (χ2v) is 7.22. The zero-order valence-electron chi connectivity index (χ0n) is 13.8. The molecule has 140 valence electrons. The van der Waals surface area contributed by atoms with E-state index in [4.69, 9.17) is 14.6 Å². The van der Waals surface area contributed by atoms with E-state index in [1.54, 1.807) is 0 Å². The van der Waals surface area contributed by atoms with Crippen molar-refractivity contribution in [3.63, 3.8) is 0 Å². The van der Waals surface area contributed by atoms with Gasteiger partial charge in [0.05, 0.1) is 0 Å². The van der Waals surface area contributed by atoms with Crippen LogP contribution in [0.3, 0.4) is 0 Å². The molecule has 0 saturated carbocycles. The topological polar surface area (TPSA) is 58.6 Å². The molecule has 0 radical (unpaired) electrons. The maximum Gasteiger partial charge on any atom is 0.490 e. The summed E-state index contributed by atoms with van der Waals surface area (Å²) in [5, 5.41) is 10.8. The summed E-state index contributed by atoms with van der Waals surface area (Å²) in [6.45, 7) is 2.11. The molecule has 2 aliphatic heterocycles. The Bertz CT molecular complexity index is 597. The van der Waals surface area contributed by atoms with Crippen LogP contribution in [0, 0.1) is 6.92 Å². The van der Waals surface area contributed by atoms with Gasteiger partial charge in [-0.2, -0.15) is 13.2 Å². The number of ether oxygens (including phenoxy) is 1. The van der Waals surface area contributed by atoms with Crippen molar-refractivity contribution in [3.8, 4) is 5.75 Å². The normalized spacial score (nSPS) is 25.6. The quantitative estimate of drug-likeness (QED) is 0.737. The predicted octanol–water partition coefficient (Wildman–Crippen LogP) is 4.44. The lowest BCUT2D eigenvalue weighted by molar-refractivity contribution is -0.192. The Balaban J connectivity index is 0.000000277. The number of alkyl halides is 3. The summed E-state index contributed by atoms with van der Waals surface area (Å²) in [5.41, 5.74) is 1.21. The van der Waals surface area contributed by atoms with Crippen LogP contribution in [-0.4, -0.2) is 35.4 Å². The van der Waals surface area contributed by atoms with Crippen LogP contribution in [0.1, 0.15) is 37.7 Å². The minimum absolute atomic E-state index is 0.384. The number of hydrogen-bond acceptors (Lipinski definition) is 3. The first-order chi connectivity index (χ1) is 11.7. The maximum atomic E-state index is 10.6. The van der Waals surface area contributed by atoms with E-state index in [-0.39, 0.29) is 0 Å². The van der Waals surface area contributed by atoms with Crippen LogP contribution in [-0.2, 0) is 4.79 Å². The zero-order valence-corrected chi connectivity index (χ0v) is 15.4. The van der Waals surface area contributed by atoms with Gasteiger partial charge < -0.3 is 15.2 Å². The molecule has 3 atom stereocenters. The highest BCUT2D eigenvalue weighted by Gasteiger charge is 2.38. The Morgan fingerprint density at radius 2 is 1.84 bits per heavy atom. The van der Waals surface area contributed by atoms with Crippen LogP contribution in [0.4, 0.5) is 13.2 Å². The van der Waals surface area contributed by atoms with E-state index in [1.165, 1.54) is 24.8 Å². The molecule has 2 aliphatic rings. The minimum Gasteiger partial charge on any atom is -0.490 e. The molecular formula is C17H21BrF3NO3. The maximum absolute atomic E-state index is 10.6. The highest BCUT2D eigenvalue weighted by atomic mass is 79.9. The molecule has 0 aliphatic carbocycles. The molecule has 2 N–H and O–H groups in total. The zero-order chi connectivity index (χ0) is 18.6. The van der Waals surface area contributed by atoms with Gasteiger partial charge in [-0.15, -0.1) is 0 Å². The third-order valence-corrected chi connectivity index (χ3v) is 5.28. The number of carboxylic acid groups (broad SMARTS) is 1. The number of fused-ring (bicyclic) bond motifs is 2. The molecule has 0 spiro atoms. The highest BCUT2D eigenvalue weighted by Crippen LogP contribution is 2.31. The monoisotopic (exact) mass is 423 g/mol. The van der Waals surface area contributed by atoms with Crippen molar-refractivity contribution in [3.05, 3.63) is 28.2 Å². The SMILES string of the molecule is Cc1c(Br)cccc1OC1C[C@H]2CCC[C@@H](C1)N2.O=C(O)C(F)(F)F. The first kappa shape index (κ1) is 20.0. The fraction of sp³-hybridized carbons (Fsp3) is 0.588. The molecule has 1 aromatic carbocycles. The van der Waals surface area contributed by atoms with Gasteiger partial charge in [-0.05, 0) is 44.7 Å². The molecular weight excluding hydrogens is 403 g/mol. The van der Waals surface area contributed by atoms with Gasteiger partial charge in [0.2, 0.25) is 0 Å². The number of aliphatic carboxylic acids is 1. The summed E-state index contributed by atoms with van der Waals surface area (Å²) in [5.74, 6) is -1.72. The molecule has 0 aromatic heterocycles. The van der Waals surface area contributed by atoms with Gasteiger partial charge in [0.15, 0.2) is 0 Å². The molecule has 0 amide bonds. The second kappa shape index (κ2) is 8.40. The third kappa shape index (κ3) is 5.88. The van der Waals surface area contributed by atoms with E-state index in [1.807, 2.05) is 6.07 Å². The number of benzene rings is 1. The molecule has 2 saturated heterocycles. The smallest absolute Gasteiger partial charge is 0.490 e. The second-order valence-electron chi connectivity index (χ2n) is 6.37. The van der Waals surface area contributed by atoms with Crippen molar-refractivity contribution >= 4 is 21.9 Å². The Kier molecular flexibility index (Phi) is 6.73. The van der Waals surface area contributed by atoms with E-state index in [2.05, 4.69) is 40.3 Å². The molecule has 4 nitrogen and oxygen atoms in total. The van der Waals surface area contributed by atoms with Gasteiger partial charge in [-0.1, -0.05) is 28.4 Å². The summed E-state index contributed by atoms with van der Waals surface area (Å²) in [6, 6.07) is 7.55. The number of piperidine rings is 2. The molecule has 3 rings (SSSR count). The number of rotatable bonds is 2. The summed E-state index contributed by atoms with van der Waals surface area (Å²) in [7, 11) is 0. The number of halogens is 4. The molecule has 8 heteroatoms. The number of hydrogen-bond donors (Lipinski definition) is 2.